The standard InChI is InChI=1S/C51H33N3O/c1-6-17-34(18-7-1)41-32-44(36-21-10-3-11-22-36)47-45(33-41)43-30-29-42(35-19-8-2-9-20-35)46(48(43)55-47)39-27-16-28-40(31-39)51-53-49(37-23-12-4-13-24-37)52-50(54-51)38-25-14-5-15-26-38/h1-33H. The van der Waals surface area contributed by atoms with Crippen molar-refractivity contribution in [3.05, 3.63) is 200 Å². The molecule has 10 aromatic rings. The van der Waals surface area contributed by atoms with Crippen molar-refractivity contribution in [2.24, 2.45) is 0 Å². The van der Waals surface area contributed by atoms with Gasteiger partial charge in [-0.3, -0.25) is 0 Å². The molecule has 0 radical (unpaired) electrons. The van der Waals surface area contributed by atoms with Crippen molar-refractivity contribution >= 4 is 21.9 Å². The van der Waals surface area contributed by atoms with Crippen LogP contribution in [0.3, 0.4) is 0 Å². The lowest BCUT2D eigenvalue weighted by atomic mass is 9.91. The summed E-state index contributed by atoms with van der Waals surface area (Å²) in [7, 11) is 0. The van der Waals surface area contributed by atoms with Gasteiger partial charge in [0.15, 0.2) is 17.5 Å². The first-order chi connectivity index (χ1) is 27.3. The molecule has 8 aromatic carbocycles. The minimum Gasteiger partial charge on any atom is -0.455 e. The normalized spacial score (nSPS) is 11.3. The second kappa shape index (κ2) is 13.8. The Labute approximate surface area is 319 Å². The van der Waals surface area contributed by atoms with Gasteiger partial charge in [-0.05, 0) is 57.6 Å². The van der Waals surface area contributed by atoms with Crippen molar-refractivity contribution in [3.8, 4) is 78.7 Å². The number of furan rings is 1. The molecule has 258 valence electrons. The molecule has 0 N–H and O–H groups in total. The fraction of sp³-hybridized carbons (Fsp3) is 0. The second-order valence-corrected chi connectivity index (χ2v) is 13.6. The number of aromatic nitrogens is 3. The van der Waals surface area contributed by atoms with Gasteiger partial charge in [-0.1, -0.05) is 176 Å². The predicted molar refractivity (Wildman–Crippen MR) is 225 cm³/mol. The molecule has 0 bridgehead atoms. The van der Waals surface area contributed by atoms with Crippen LogP contribution >= 0.6 is 0 Å². The Balaban J connectivity index is 1.22. The van der Waals surface area contributed by atoms with Crippen LogP contribution in [0, 0.1) is 0 Å². The third-order valence-electron chi connectivity index (χ3n) is 10.1. The Morgan fingerprint density at radius 2 is 0.727 bits per heavy atom. The zero-order valence-electron chi connectivity index (χ0n) is 29.8. The maximum absolute atomic E-state index is 7.13. The van der Waals surface area contributed by atoms with Gasteiger partial charge in [0.2, 0.25) is 0 Å². The fourth-order valence-corrected chi connectivity index (χ4v) is 7.47. The monoisotopic (exact) mass is 703 g/mol. The lowest BCUT2D eigenvalue weighted by Crippen LogP contribution is -2.00. The highest BCUT2D eigenvalue weighted by atomic mass is 16.3. The van der Waals surface area contributed by atoms with E-state index < -0.39 is 0 Å². The summed E-state index contributed by atoms with van der Waals surface area (Å²) < 4.78 is 7.13. The van der Waals surface area contributed by atoms with E-state index in [0.717, 1.165) is 83.1 Å². The van der Waals surface area contributed by atoms with Crippen molar-refractivity contribution in [2.75, 3.05) is 0 Å². The maximum atomic E-state index is 7.13. The highest BCUT2D eigenvalue weighted by molar-refractivity contribution is 6.16. The molecule has 0 atom stereocenters. The quantitative estimate of drug-likeness (QED) is 0.166. The first kappa shape index (κ1) is 32.2. The molecule has 4 heteroatoms. The molecule has 10 rings (SSSR count). The van der Waals surface area contributed by atoms with E-state index in [-0.39, 0.29) is 0 Å². The fourth-order valence-electron chi connectivity index (χ4n) is 7.47. The van der Waals surface area contributed by atoms with Crippen LogP contribution in [0.5, 0.6) is 0 Å². The largest absolute Gasteiger partial charge is 0.455 e. The molecule has 0 saturated heterocycles. The smallest absolute Gasteiger partial charge is 0.164 e. The number of benzene rings is 8. The summed E-state index contributed by atoms with van der Waals surface area (Å²) in [5.74, 6) is 1.86. The lowest BCUT2D eigenvalue weighted by Gasteiger charge is -2.13. The van der Waals surface area contributed by atoms with Crippen LogP contribution in [-0.4, -0.2) is 15.0 Å². The van der Waals surface area contributed by atoms with Crippen LogP contribution < -0.4 is 0 Å². The summed E-state index contributed by atoms with van der Waals surface area (Å²) in [5.41, 5.74) is 13.1. The number of nitrogens with zero attached hydrogens (tertiary/aromatic N) is 3. The highest BCUT2D eigenvalue weighted by Gasteiger charge is 2.22. The molecule has 0 aliphatic rings. The Kier molecular flexibility index (Phi) is 8.12. The van der Waals surface area contributed by atoms with E-state index in [2.05, 4.69) is 140 Å². The van der Waals surface area contributed by atoms with E-state index in [9.17, 15) is 0 Å². The van der Waals surface area contributed by atoms with Gasteiger partial charge < -0.3 is 4.42 Å². The van der Waals surface area contributed by atoms with Gasteiger partial charge in [-0.25, -0.2) is 15.0 Å². The zero-order valence-corrected chi connectivity index (χ0v) is 29.8. The van der Waals surface area contributed by atoms with Gasteiger partial charge in [-0.2, -0.15) is 0 Å². The van der Waals surface area contributed by atoms with Crippen LogP contribution in [0.15, 0.2) is 205 Å². The lowest BCUT2D eigenvalue weighted by molar-refractivity contribution is 0.671. The van der Waals surface area contributed by atoms with Crippen molar-refractivity contribution in [3.63, 3.8) is 0 Å². The minimum absolute atomic E-state index is 0.603. The van der Waals surface area contributed by atoms with Gasteiger partial charge in [-0.15, -0.1) is 0 Å². The summed E-state index contributed by atoms with van der Waals surface area (Å²) in [6, 6.07) is 69.2. The summed E-state index contributed by atoms with van der Waals surface area (Å²) in [4.78, 5) is 15.0. The predicted octanol–water partition coefficient (Wildman–Crippen LogP) is 13.4. The topological polar surface area (TPSA) is 51.8 Å². The Hall–Kier alpha value is -7.43. The van der Waals surface area contributed by atoms with Gasteiger partial charge >= 0.3 is 0 Å². The summed E-state index contributed by atoms with van der Waals surface area (Å²) in [6.45, 7) is 0. The van der Waals surface area contributed by atoms with Gasteiger partial charge in [0.05, 0.1) is 0 Å². The molecule has 0 spiro atoms. The molecule has 0 saturated carbocycles. The molecule has 2 aromatic heterocycles. The van der Waals surface area contributed by atoms with E-state index in [0.29, 0.717) is 17.5 Å². The average molecular weight is 704 g/mol. The molecular formula is C51H33N3O. The first-order valence-electron chi connectivity index (χ1n) is 18.4. The van der Waals surface area contributed by atoms with Gasteiger partial charge in [0.25, 0.3) is 0 Å². The SMILES string of the molecule is c1ccc(-c2cc(-c3ccccc3)c3oc4c(-c5cccc(-c6nc(-c7ccccc7)nc(-c7ccccc7)n6)c5)c(-c5ccccc5)ccc4c3c2)cc1. The molecule has 0 fully saturated rings. The van der Waals surface area contributed by atoms with Crippen LogP contribution in [0.2, 0.25) is 0 Å². The van der Waals surface area contributed by atoms with Crippen molar-refractivity contribution in [1.82, 2.24) is 15.0 Å². The number of fused-ring (bicyclic) bond motifs is 3. The summed E-state index contributed by atoms with van der Waals surface area (Å²) >= 11 is 0. The molecule has 0 unspecified atom stereocenters. The van der Waals surface area contributed by atoms with Crippen molar-refractivity contribution in [1.29, 1.82) is 0 Å². The molecular weight excluding hydrogens is 671 g/mol. The average Bonchev–Trinajstić information content (AvgIpc) is 3.66. The van der Waals surface area contributed by atoms with E-state index in [1.165, 1.54) is 0 Å². The van der Waals surface area contributed by atoms with Crippen LogP contribution in [0.1, 0.15) is 0 Å². The van der Waals surface area contributed by atoms with Crippen molar-refractivity contribution < 1.29 is 4.42 Å². The summed E-state index contributed by atoms with van der Waals surface area (Å²) in [5, 5.41) is 2.13. The Morgan fingerprint density at radius 1 is 0.273 bits per heavy atom. The zero-order chi connectivity index (χ0) is 36.6. The van der Waals surface area contributed by atoms with E-state index in [1.54, 1.807) is 0 Å². The minimum atomic E-state index is 0.603. The second-order valence-electron chi connectivity index (χ2n) is 13.6. The van der Waals surface area contributed by atoms with Crippen LogP contribution in [0.4, 0.5) is 0 Å². The summed E-state index contributed by atoms with van der Waals surface area (Å²) in [6.07, 6.45) is 0. The van der Waals surface area contributed by atoms with E-state index in [1.807, 2.05) is 60.7 Å². The molecule has 4 nitrogen and oxygen atoms in total. The van der Waals surface area contributed by atoms with Gasteiger partial charge in [0.1, 0.15) is 11.2 Å². The van der Waals surface area contributed by atoms with E-state index in [4.69, 9.17) is 19.4 Å². The number of hydrogen-bond acceptors (Lipinski definition) is 4. The van der Waals surface area contributed by atoms with Crippen LogP contribution in [-0.2, 0) is 0 Å². The third-order valence-corrected chi connectivity index (χ3v) is 10.1. The molecule has 2 heterocycles. The molecule has 0 aliphatic carbocycles. The number of hydrogen-bond donors (Lipinski definition) is 0. The Morgan fingerprint density at radius 3 is 1.29 bits per heavy atom. The van der Waals surface area contributed by atoms with Crippen molar-refractivity contribution in [2.45, 2.75) is 0 Å². The molecule has 55 heavy (non-hydrogen) atoms. The molecule has 0 aliphatic heterocycles. The maximum Gasteiger partial charge on any atom is 0.164 e. The third kappa shape index (κ3) is 6.06. The Bertz CT molecular complexity index is 2890. The first-order valence-corrected chi connectivity index (χ1v) is 18.4. The molecule has 0 amide bonds. The highest BCUT2D eigenvalue weighted by Crippen LogP contribution is 2.46. The van der Waals surface area contributed by atoms with E-state index >= 15 is 0 Å². The van der Waals surface area contributed by atoms with Crippen LogP contribution in [0.25, 0.3) is 101 Å². The number of rotatable bonds is 7. The van der Waals surface area contributed by atoms with Gasteiger partial charge in [0, 0.05) is 38.6 Å².